The average Bonchev–Trinajstić information content (AvgIpc) is 2.81. The number of nitrogens with two attached hydrogens (primary N) is 1. The lowest BCUT2D eigenvalue weighted by Gasteiger charge is -2.36. The second kappa shape index (κ2) is 6.77. The second-order valence-electron chi connectivity index (χ2n) is 5.29. The van der Waals surface area contributed by atoms with Crippen LogP contribution < -0.4 is 5.73 Å². The number of hydrogen-bond donors (Lipinski definition) is 1. The summed E-state index contributed by atoms with van der Waals surface area (Å²) < 4.78 is 2.11. The van der Waals surface area contributed by atoms with Crippen LogP contribution in [0.3, 0.4) is 0 Å². The topological polar surface area (TPSA) is 47.1 Å². The molecular formula is C14H26N4S. The van der Waals surface area contributed by atoms with Gasteiger partial charge in [-0.3, -0.25) is 4.68 Å². The predicted molar refractivity (Wildman–Crippen MR) is 82.7 cm³/mol. The van der Waals surface area contributed by atoms with Crippen LogP contribution in [0.25, 0.3) is 0 Å². The van der Waals surface area contributed by atoms with Gasteiger partial charge in [-0.1, -0.05) is 6.92 Å². The highest BCUT2D eigenvalue weighted by molar-refractivity contribution is 7.99. The summed E-state index contributed by atoms with van der Waals surface area (Å²) >= 11 is 2.02. The van der Waals surface area contributed by atoms with E-state index >= 15 is 0 Å². The number of aryl methyl sites for hydroxylation is 2. The van der Waals surface area contributed by atoms with Crippen LogP contribution in [0.1, 0.15) is 25.2 Å². The van der Waals surface area contributed by atoms with Crippen LogP contribution in [0, 0.1) is 0 Å². The van der Waals surface area contributed by atoms with Crippen molar-refractivity contribution < 1.29 is 0 Å². The number of hydrogen-bond acceptors (Lipinski definition) is 4. The maximum Gasteiger partial charge on any atom is 0.0624 e. The zero-order valence-corrected chi connectivity index (χ0v) is 13.1. The van der Waals surface area contributed by atoms with Crippen LogP contribution in [-0.4, -0.2) is 51.9 Å². The molecule has 1 aliphatic heterocycles. The molecule has 2 N–H and O–H groups in total. The zero-order chi connectivity index (χ0) is 13.8. The van der Waals surface area contributed by atoms with Gasteiger partial charge in [0.2, 0.25) is 0 Å². The van der Waals surface area contributed by atoms with E-state index in [9.17, 15) is 0 Å². The molecular weight excluding hydrogens is 256 g/mol. The van der Waals surface area contributed by atoms with Crippen LogP contribution in [0.2, 0.25) is 0 Å². The summed E-state index contributed by atoms with van der Waals surface area (Å²) in [6.45, 7) is 6.37. The van der Waals surface area contributed by atoms with Gasteiger partial charge in [0.15, 0.2) is 0 Å². The van der Waals surface area contributed by atoms with Crippen molar-refractivity contribution >= 4 is 11.8 Å². The van der Waals surface area contributed by atoms with Gasteiger partial charge in [-0.25, -0.2) is 0 Å². The molecule has 0 saturated carbocycles. The van der Waals surface area contributed by atoms with Crippen molar-refractivity contribution in [3.8, 4) is 0 Å². The highest BCUT2D eigenvalue weighted by Gasteiger charge is 2.26. The molecule has 19 heavy (non-hydrogen) atoms. The van der Waals surface area contributed by atoms with Gasteiger partial charge in [0.25, 0.3) is 0 Å². The Kier molecular flexibility index (Phi) is 5.30. The van der Waals surface area contributed by atoms with Crippen LogP contribution in [-0.2, 0) is 19.4 Å². The molecule has 4 nitrogen and oxygen atoms in total. The number of thioether (sulfide) groups is 1. The van der Waals surface area contributed by atoms with Gasteiger partial charge >= 0.3 is 0 Å². The summed E-state index contributed by atoms with van der Waals surface area (Å²) in [5, 5.41) is 4.61. The number of likely N-dealkylation sites (N-methyl/N-ethyl adjacent to an activating group) is 1. The second-order valence-corrected chi connectivity index (χ2v) is 6.44. The first kappa shape index (κ1) is 14.9. The quantitative estimate of drug-likeness (QED) is 0.886. The fourth-order valence-electron chi connectivity index (χ4n) is 2.66. The molecule has 0 bridgehead atoms. The van der Waals surface area contributed by atoms with Crippen molar-refractivity contribution in [2.75, 3.05) is 25.1 Å². The maximum atomic E-state index is 6.45. The van der Waals surface area contributed by atoms with E-state index < -0.39 is 0 Å². The number of aromatic nitrogens is 2. The van der Waals surface area contributed by atoms with E-state index in [-0.39, 0.29) is 6.04 Å². The third-order valence-electron chi connectivity index (χ3n) is 3.96. The standard InChI is InChI=1S/C14H26N4S/c1-4-11-8-12(18(5-2)16-11)9-13(15)14-10-19-7-6-17(14)3/h8,13-14H,4-7,9-10,15H2,1-3H3. The lowest BCUT2D eigenvalue weighted by molar-refractivity contribution is 0.234. The SMILES string of the molecule is CCc1cc(CC(N)C2CSCCN2C)n(CC)n1. The lowest BCUT2D eigenvalue weighted by Crippen LogP contribution is -2.51. The monoisotopic (exact) mass is 282 g/mol. The fraction of sp³-hybridized carbons (Fsp3) is 0.786. The van der Waals surface area contributed by atoms with Crippen LogP contribution in [0.15, 0.2) is 6.07 Å². The Morgan fingerprint density at radius 2 is 2.32 bits per heavy atom. The molecule has 0 radical (unpaired) electrons. The van der Waals surface area contributed by atoms with Gasteiger partial charge in [-0.2, -0.15) is 16.9 Å². The summed E-state index contributed by atoms with van der Waals surface area (Å²) in [5.74, 6) is 2.38. The van der Waals surface area contributed by atoms with Crippen LogP contribution in [0.4, 0.5) is 0 Å². The molecule has 2 atom stereocenters. The van der Waals surface area contributed by atoms with E-state index in [2.05, 4.69) is 41.6 Å². The van der Waals surface area contributed by atoms with Crippen LogP contribution in [0.5, 0.6) is 0 Å². The Balaban J connectivity index is 2.04. The summed E-state index contributed by atoms with van der Waals surface area (Å²) in [5.41, 5.74) is 8.91. The Labute approximate surface area is 120 Å². The summed E-state index contributed by atoms with van der Waals surface area (Å²) in [6.07, 6.45) is 1.92. The molecule has 1 fully saturated rings. The van der Waals surface area contributed by atoms with E-state index in [0.29, 0.717) is 6.04 Å². The van der Waals surface area contributed by atoms with Gasteiger partial charge in [0.05, 0.1) is 5.69 Å². The summed E-state index contributed by atoms with van der Waals surface area (Å²) in [4.78, 5) is 2.41. The third-order valence-corrected chi connectivity index (χ3v) is 5.01. The predicted octanol–water partition coefficient (Wildman–Crippen LogP) is 1.38. The van der Waals surface area contributed by atoms with Crippen molar-refractivity contribution in [2.24, 2.45) is 5.73 Å². The molecule has 0 aliphatic carbocycles. The van der Waals surface area contributed by atoms with E-state index in [0.717, 1.165) is 31.7 Å². The molecule has 108 valence electrons. The Morgan fingerprint density at radius 3 is 2.95 bits per heavy atom. The minimum Gasteiger partial charge on any atom is -0.326 e. The first-order valence-corrected chi connectivity index (χ1v) is 8.40. The third kappa shape index (κ3) is 3.52. The maximum absolute atomic E-state index is 6.45. The van der Waals surface area contributed by atoms with E-state index in [1.54, 1.807) is 0 Å². The molecule has 1 saturated heterocycles. The lowest BCUT2D eigenvalue weighted by atomic mass is 10.0. The smallest absolute Gasteiger partial charge is 0.0624 e. The highest BCUT2D eigenvalue weighted by atomic mass is 32.2. The van der Waals surface area contributed by atoms with Gasteiger partial charge in [-0.15, -0.1) is 0 Å². The number of nitrogens with zero attached hydrogens (tertiary/aromatic N) is 3. The number of rotatable bonds is 5. The van der Waals surface area contributed by atoms with Crippen molar-refractivity contribution in [2.45, 2.75) is 45.3 Å². The first-order valence-electron chi connectivity index (χ1n) is 7.24. The average molecular weight is 282 g/mol. The minimum absolute atomic E-state index is 0.199. The molecule has 2 unspecified atom stereocenters. The Hall–Kier alpha value is -0.520. The normalized spacial score (nSPS) is 22.6. The minimum atomic E-state index is 0.199. The largest absolute Gasteiger partial charge is 0.326 e. The van der Waals surface area contributed by atoms with Crippen molar-refractivity contribution in [1.29, 1.82) is 0 Å². The van der Waals surface area contributed by atoms with Gasteiger partial charge < -0.3 is 10.6 Å². The molecule has 1 aliphatic rings. The van der Waals surface area contributed by atoms with Gasteiger partial charge in [0.1, 0.15) is 0 Å². The molecule has 1 aromatic heterocycles. The summed E-state index contributed by atoms with van der Waals surface area (Å²) in [6, 6.07) is 2.91. The van der Waals surface area contributed by atoms with Crippen LogP contribution >= 0.6 is 11.8 Å². The van der Waals surface area contributed by atoms with E-state index in [1.807, 2.05) is 11.8 Å². The fourth-order valence-corrected chi connectivity index (χ4v) is 3.99. The molecule has 2 heterocycles. The molecule has 1 aromatic rings. The van der Waals surface area contributed by atoms with Crippen molar-refractivity contribution in [3.63, 3.8) is 0 Å². The van der Waals surface area contributed by atoms with Crippen molar-refractivity contribution in [3.05, 3.63) is 17.5 Å². The summed E-state index contributed by atoms with van der Waals surface area (Å²) in [7, 11) is 2.19. The van der Waals surface area contributed by atoms with Gasteiger partial charge in [0, 0.05) is 48.8 Å². The Morgan fingerprint density at radius 1 is 1.53 bits per heavy atom. The zero-order valence-electron chi connectivity index (χ0n) is 12.3. The van der Waals surface area contributed by atoms with Crippen molar-refractivity contribution in [1.82, 2.24) is 14.7 Å². The molecule has 5 heteroatoms. The Bertz CT molecular complexity index is 404. The molecule has 0 amide bonds. The molecule has 0 spiro atoms. The van der Waals surface area contributed by atoms with Gasteiger partial charge in [-0.05, 0) is 26.5 Å². The van der Waals surface area contributed by atoms with E-state index in [4.69, 9.17) is 5.73 Å². The molecule has 0 aromatic carbocycles. The highest BCUT2D eigenvalue weighted by Crippen LogP contribution is 2.19. The first-order chi connectivity index (χ1) is 9.15. The molecule has 2 rings (SSSR count). The van der Waals surface area contributed by atoms with E-state index in [1.165, 1.54) is 17.1 Å².